The van der Waals surface area contributed by atoms with Crippen LogP contribution in [0.1, 0.15) is 32.4 Å². The maximum absolute atomic E-state index is 3.63. The van der Waals surface area contributed by atoms with Crippen LogP contribution < -0.4 is 5.32 Å². The maximum Gasteiger partial charge on any atom is 0.0449 e. The third-order valence-electron chi connectivity index (χ3n) is 4.18. The topological polar surface area (TPSA) is 18.5 Å². The normalized spacial score (nSPS) is 19.0. The molecule has 1 N–H and O–H groups in total. The minimum atomic E-state index is 0.452. The molecule has 0 bridgehead atoms. The van der Waals surface area contributed by atoms with Gasteiger partial charge in [0.15, 0.2) is 0 Å². The van der Waals surface area contributed by atoms with Crippen LogP contribution in [0.4, 0.5) is 0 Å². The van der Waals surface area contributed by atoms with Crippen LogP contribution in [0, 0.1) is 5.92 Å². The van der Waals surface area contributed by atoms with Crippen LogP contribution in [-0.2, 0) is 0 Å². The Morgan fingerprint density at radius 2 is 1.52 bits per heavy atom. The van der Waals surface area contributed by atoms with E-state index >= 15 is 0 Å². The van der Waals surface area contributed by atoms with E-state index in [2.05, 4.69) is 66.2 Å². The Morgan fingerprint density at radius 1 is 0.952 bits per heavy atom. The Kier molecular flexibility index (Phi) is 6.68. The number of nitrogens with one attached hydrogen (secondary N) is 1. The summed E-state index contributed by atoms with van der Waals surface area (Å²) in [6.07, 6.45) is 0. The summed E-state index contributed by atoms with van der Waals surface area (Å²) in [4.78, 5) is 5.21. The van der Waals surface area contributed by atoms with Gasteiger partial charge in [0, 0.05) is 45.3 Å². The summed E-state index contributed by atoms with van der Waals surface area (Å²) >= 11 is 0. The smallest absolute Gasteiger partial charge is 0.0449 e. The summed E-state index contributed by atoms with van der Waals surface area (Å²) < 4.78 is 0. The van der Waals surface area contributed by atoms with Gasteiger partial charge in [-0.05, 0) is 18.0 Å². The van der Waals surface area contributed by atoms with Crippen LogP contribution in [0.25, 0.3) is 0 Å². The molecular weight excluding hydrogens is 258 g/mol. The van der Waals surface area contributed by atoms with Gasteiger partial charge < -0.3 is 10.2 Å². The van der Waals surface area contributed by atoms with E-state index in [-0.39, 0.29) is 0 Å². The number of piperazine rings is 1. The molecule has 3 nitrogen and oxygen atoms in total. The van der Waals surface area contributed by atoms with Crippen molar-refractivity contribution in [2.45, 2.75) is 26.8 Å². The van der Waals surface area contributed by atoms with Crippen molar-refractivity contribution in [2.24, 2.45) is 5.92 Å². The third kappa shape index (κ3) is 5.42. The SMILES string of the molecule is CCNC(CN1CCN(CC(C)C)CC1)c1ccccc1. The lowest BCUT2D eigenvalue weighted by atomic mass is 10.1. The lowest BCUT2D eigenvalue weighted by Gasteiger charge is -2.37. The van der Waals surface area contributed by atoms with E-state index in [0.717, 1.165) is 19.0 Å². The minimum absolute atomic E-state index is 0.452. The van der Waals surface area contributed by atoms with Gasteiger partial charge in [-0.1, -0.05) is 51.1 Å². The molecule has 0 saturated carbocycles. The van der Waals surface area contributed by atoms with E-state index in [0.29, 0.717) is 6.04 Å². The van der Waals surface area contributed by atoms with Crippen LogP contribution in [0.15, 0.2) is 30.3 Å². The van der Waals surface area contributed by atoms with Gasteiger partial charge >= 0.3 is 0 Å². The van der Waals surface area contributed by atoms with Crippen molar-refractivity contribution in [2.75, 3.05) is 45.8 Å². The molecule has 1 aromatic carbocycles. The molecule has 0 amide bonds. The number of nitrogens with zero attached hydrogens (tertiary/aromatic N) is 2. The van der Waals surface area contributed by atoms with Crippen LogP contribution in [0.5, 0.6) is 0 Å². The molecule has 0 radical (unpaired) electrons. The molecule has 1 aliphatic heterocycles. The molecule has 2 rings (SSSR count). The largest absolute Gasteiger partial charge is 0.309 e. The zero-order chi connectivity index (χ0) is 15.1. The Labute approximate surface area is 130 Å². The van der Waals surface area contributed by atoms with Gasteiger partial charge in [0.05, 0.1) is 0 Å². The molecule has 1 unspecified atom stereocenters. The van der Waals surface area contributed by atoms with Crippen LogP contribution in [-0.4, -0.2) is 55.6 Å². The fourth-order valence-corrected chi connectivity index (χ4v) is 3.15. The molecule has 0 spiro atoms. The van der Waals surface area contributed by atoms with Crippen molar-refractivity contribution in [1.29, 1.82) is 0 Å². The Bertz CT molecular complexity index is 383. The monoisotopic (exact) mass is 289 g/mol. The third-order valence-corrected chi connectivity index (χ3v) is 4.18. The number of benzene rings is 1. The summed E-state index contributed by atoms with van der Waals surface area (Å²) in [5.74, 6) is 0.773. The van der Waals surface area contributed by atoms with Crippen molar-refractivity contribution in [3.63, 3.8) is 0 Å². The molecular formula is C18H31N3. The summed E-state index contributed by atoms with van der Waals surface area (Å²) in [5, 5.41) is 3.63. The first kappa shape index (κ1) is 16.5. The van der Waals surface area contributed by atoms with E-state index in [4.69, 9.17) is 0 Å². The van der Waals surface area contributed by atoms with Gasteiger partial charge in [-0.3, -0.25) is 4.90 Å². The van der Waals surface area contributed by atoms with E-state index in [1.54, 1.807) is 0 Å². The molecule has 21 heavy (non-hydrogen) atoms. The van der Waals surface area contributed by atoms with Gasteiger partial charge in [0.2, 0.25) is 0 Å². The van der Waals surface area contributed by atoms with Crippen LogP contribution in [0.3, 0.4) is 0 Å². The molecule has 1 fully saturated rings. The molecule has 1 atom stereocenters. The van der Waals surface area contributed by atoms with E-state index < -0.39 is 0 Å². The molecule has 1 saturated heterocycles. The van der Waals surface area contributed by atoms with Crippen LogP contribution >= 0.6 is 0 Å². The quantitative estimate of drug-likeness (QED) is 0.832. The zero-order valence-corrected chi connectivity index (χ0v) is 13.9. The Hall–Kier alpha value is -0.900. The predicted molar refractivity (Wildman–Crippen MR) is 90.6 cm³/mol. The van der Waals surface area contributed by atoms with Gasteiger partial charge in [0.1, 0.15) is 0 Å². The Balaban J connectivity index is 1.85. The fraction of sp³-hybridized carbons (Fsp3) is 0.667. The number of hydrogen-bond donors (Lipinski definition) is 1. The summed E-state index contributed by atoms with van der Waals surface area (Å²) in [5.41, 5.74) is 1.41. The minimum Gasteiger partial charge on any atom is -0.309 e. The molecule has 1 aromatic rings. The number of hydrogen-bond acceptors (Lipinski definition) is 3. The highest BCUT2D eigenvalue weighted by molar-refractivity contribution is 5.19. The summed E-state index contributed by atoms with van der Waals surface area (Å²) in [7, 11) is 0. The van der Waals surface area contributed by atoms with E-state index in [9.17, 15) is 0 Å². The highest BCUT2D eigenvalue weighted by Gasteiger charge is 2.20. The molecule has 118 valence electrons. The molecule has 0 aromatic heterocycles. The summed E-state index contributed by atoms with van der Waals surface area (Å²) in [6, 6.07) is 11.3. The number of likely N-dealkylation sites (N-methyl/N-ethyl adjacent to an activating group) is 1. The number of rotatable bonds is 7. The van der Waals surface area contributed by atoms with Crippen molar-refractivity contribution in [3.8, 4) is 0 Å². The lowest BCUT2D eigenvalue weighted by molar-refractivity contribution is 0.114. The fourth-order valence-electron chi connectivity index (χ4n) is 3.15. The predicted octanol–water partition coefficient (Wildman–Crippen LogP) is 2.61. The molecule has 0 aliphatic carbocycles. The van der Waals surface area contributed by atoms with Gasteiger partial charge in [-0.15, -0.1) is 0 Å². The molecule has 1 aliphatic rings. The summed E-state index contributed by atoms with van der Waals surface area (Å²) in [6.45, 7) is 15.0. The van der Waals surface area contributed by atoms with Crippen LogP contribution in [0.2, 0.25) is 0 Å². The van der Waals surface area contributed by atoms with Crippen molar-refractivity contribution in [1.82, 2.24) is 15.1 Å². The van der Waals surface area contributed by atoms with Crippen molar-refractivity contribution >= 4 is 0 Å². The average Bonchev–Trinajstić information content (AvgIpc) is 2.49. The first-order chi connectivity index (χ1) is 10.2. The van der Waals surface area contributed by atoms with Gasteiger partial charge in [0.25, 0.3) is 0 Å². The second-order valence-electron chi connectivity index (χ2n) is 6.52. The van der Waals surface area contributed by atoms with E-state index in [1.807, 2.05) is 0 Å². The highest BCUT2D eigenvalue weighted by Crippen LogP contribution is 2.15. The molecule has 3 heteroatoms. The van der Waals surface area contributed by atoms with Crippen molar-refractivity contribution in [3.05, 3.63) is 35.9 Å². The highest BCUT2D eigenvalue weighted by atomic mass is 15.3. The standard InChI is InChI=1S/C18H31N3/c1-4-19-18(17-8-6-5-7-9-17)15-21-12-10-20(11-13-21)14-16(2)3/h5-9,16,18-19H,4,10-15H2,1-3H3. The maximum atomic E-state index is 3.63. The first-order valence-electron chi connectivity index (χ1n) is 8.42. The van der Waals surface area contributed by atoms with E-state index in [1.165, 1.54) is 38.3 Å². The average molecular weight is 289 g/mol. The second kappa shape index (κ2) is 8.52. The second-order valence-corrected chi connectivity index (χ2v) is 6.52. The van der Waals surface area contributed by atoms with Gasteiger partial charge in [-0.2, -0.15) is 0 Å². The van der Waals surface area contributed by atoms with Gasteiger partial charge in [-0.25, -0.2) is 0 Å². The lowest BCUT2D eigenvalue weighted by Crippen LogP contribution is -2.49. The zero-order valence-electron chi connectivity index (χ0n) is 13.9. The van der Waals surface area contributed by atoms with Crippen molar-refractivity contribution < 1.29 is 0 Å². The first-order valence-corrected chi connectivity index (χ1v) is 8.42. The Morgan fingerprint density at radius 3 is 2.05 bits per heavy atom. The molecule has 1 heterocycles.